The van der Waals surface area contributed by atoms with Crippen LogP contribution in [0.4, 0.5) is 5.82 Å². The second-order valence-electron chi connectivity index (χ2n) is 3.91. The van der Waals surface area contributed by atoms with Crippen molar-refractivity contribution in [3.05, 3.63) is 18.6 Å². The average molecular weight is 220 g/mol. The van der Waals surface area contributed by atoms with Gasteiger partial charge in [0.1, 0.15) is 12.1 Å². The Morgan fingerprint density at radius 2 is 2.19 bits per heavy atom. The number of rotatable bonds is 1. The maximum atomic E-state index is 11.3. The zero-order valence-electron chi connectivity index (χ0n) is 9.46. The Morgan fingerprint density at radius 3 is 2.88 bits per heavy atom. The molecular weight excluding hydrogens is 204 g/mol. The third-order valence-electron chi connectivity index (χ3n) is 2.83. The third-order valence-corrected chi connectivity index (χ3v) is 2.83. The summed E-state index contributed by atoms with van der Waals surface area (Å²) in [6.45, 7) is 5.04. The van der Waals surface area contributed by atoms with Crippen molar-refractivity contribution in [2.45, 2.75) is 13.3 Å². The van der Waals surface area contributed by atoms with Crippen molar-refractivity contribution >= 4 is 11.7 Å². The molecule has 1 aromatic heterocycles. The Labute approximate surface area is 95.1 Å². The minimum atomic E-state index is 0.157. The van der Waals surface area contributed by atoms with E-state index >= 15 is 0 Å². The molecule has 0 atom stereocenters. The van der Waals surface area contributed by atoms with Crippen LogP contribution in [0, 0.1) is 0 Å². The lowest BCUT2D eigenvalue weighted by molar-refractivity contribution is -0.128. The summed E-state index contributed by atoms with van der Waals surface area (Å²) >= 11 is 0. The summed E-state index contributed by atoms with van der Waals surface area (Å²) in [7, 11) is 0. The predicted octanol–water partition coefficient (Wildman–Crippen LogP) is 0.535. The van der Waals surface area contributed by atoms with Crippen molar-refractivity contribution in [3.63, 3.8) is 0 Å². The van der Waals surface area contributed by atoms with Gasteiger partial charge in [0, 0.05) is 39.3 Å². The fourth-order valence-electron chi connectivity index (χ4n) is 1.93. The molecule has 1 saturated heterocycles. The van der Waals surface area contributed by atoms with Gasteiger partial charge in [0.15, 0.2) is 0 Å². The van der Waals surface area contributed by atoms with Gasteiger partial charge in [-0.1, -0.05) is 0 Å². The number of hydrogen-bond donors (Lipinski definition) is 0. The summed E-state index contributed by atoms with van der Waals surface area (Å²) in [4.78, 5) is 23.5. The summed E-state index contributed by atoms with van der Waals surface area (Å²) in [5.41, 5.74) is 0. The number of nitrogens with zero attached hydrogens (tertiary/aromatic N) is 4. The molecule has 0 saturated carbocycles. The Bertz CT molecular complexity index is 354. The monoisotopic (exact) mass is 220 g/mol. The van der Waals surface area contributed by atoms with Crippen LogP contribution in [-0.2, 0) is 4.79 Å². The number of aromatic nitrogens is 2. The number of amides is 1. The van der Waals surface area contributed by atoms with Crippen LogP contribution in [0.25, 0.3) is 0 Å². The van der Waals surface area contributed by atoms with Gasteiger partial charge in [-0.15, -0.1) is 0 Å². The van der Waals surface area contributed by atoms with Gasteiger partial charge in [-0.3, -0.25) is 4.79 Å². The minimum absolute atomic E-state index is 0.157. The molecule has 86 valence electrons. The molecule has 2 heterocycles. The number of carbonyl (C=O) groups excluding carboxylic acids is 1. The second kappa shape index (κ2) is 4.92. The summed E-state index contributed by atoms with van der Waals surface area (Å²) < 4.78 is 0. The van der Waals surface area contributed by atoms with Gasteiger partial charge >= 0.3 is 0 Å². The Hall–Kier alpha value is -1.65. The molecule has 5 heteroatoms. The summed E-state index contributed by atoms with van der Waals surface area (Å²) in [6, 6.07) is 1.91. The molecule has 0 spiro atoms. The number of anilines is 1. The van der Waals surface area contributed by atoms with Gasteiger partial charge < -0.3 is 9.80 Å². The van der Waals surface area contributed by atoms with E-state index in [4.69, 9.17) is 0 Å². The van der Waals surface area contributed by atoms with E-state index in [2.05, 4.69) is 14.9 Å². The van der Waals surface area contributed by atoms with Crippen LogP contribution in [0.5, 0.6) is 0 Å². The van der Waals surface area contributed by atoms with Gasteiger partial charge in [0.05, 0.1) is 0 Å². The zero-order chi connectivity index (χ0) is 11.4. The smallest absolute Gasteiger partial charge is 0.219 e. The molecule has 0 unspecified atom stereocenters. The quantitative estimate of drug-likeness (QED) is 0.693. The highest BCUT2D eigenvalue weighted by molar-refractivity contribution is 5.73. The molecule has 16 heavy (non-hydrogen) atoms. The molecule has 1 fully saturated rings. The predicted molar refractivity (Wildman–Crippen MR) is 61.1 cm³/mol. The maximum Gasteiger partial charge on any atom is 0.219 e. The molecule has 0 aromatic carbocycles. The largest absolute Gasteiger partial charge is 0.355 e. The molecule has 5 nitrogen and oxygen atoms in total. The molecule has 0 radical (unpaired) electrons. The Balaban J connectivity index is 2.02. The first-order chi connectivity index (χ1) is 7.77. The van der Waals surface area contributed by atoms with Gasteiger partial charge in [-0.2, -0.15) is 0 Å². The van der Waals surface area contributed by atoms with E-state index < -0.39 is 0 Å². The molecule has 0 aliphatic carbocycles. The first kappa shape index (κ1) is 10.9. The van der Waals surface area contributed by atoms with Gasteiger partial charge in [0.2, 0.25) is 5.91 Å². The highest BCUT2D eigenvalue weighted by Crippen LogP contribution is 2.11. The molecule has 1 aliphatic heterocycles. The molecular formula is C11H16N4O. The van der Waals surface area contributed by atoms with Crippen LogP contribution in [0.3, 0.4) is 0 Å². The Morgan fingerprint density at radius 1 is 1.31 bits per heavy atom. The topological polar surface area (TPSA) is 49.3 Å². The lowest BCUT2D eigenvalue weighted by Gasteiger charge is -2.21. The number of hydrogen-bond acceptors (Lipinski definition) is 4. The van der Waals surface area contributed by atoms with E-state index in [1.807, 2.05) is 11.0 Å². The maximum absolute atomic E-state index is 11.3. The van der Waals surface area contributed by atoms with Crippen LogP contribution < -0.4 is 4.90 Å². The van der Waals surface area contributed by atoms with Crippen LogP contribution in [-0.4, -0.2) is 47.0 Å². The first-order valence-corrected chi connectivity index (χ1v) is 5.54. The van der Waals surface area contributed by atoms with Gasteiger partial charge in [0.25, 0.3) is 0 Å². The first-order valence-electron chi connectivity index (χ1n) is 5.54. The van der Waals surface area contributed by atoms with Crippen LogP contribution >= 0.6 is 0 Å². The van der Waals surface area contributed by atoms with Crippen LogP contribution in [0.2, 0.25) is 0 Å². The van der Waals surface area contributed by atoms with E-state index in [1.165, 1.54) is 0 Å². The molecule has 1 aromatic rings. The molecule has 0 N–H and O–H groups in total. The Kier molecular flexibility index (Phi) is 3.34. The molecule has 2 rings (SSSR count). The van der Waals surface area contributed by atoms with E-state index in [0.717, 1.165) is 38.4 Å². The van der Waals surface area contributed by atoms with Gasteiger partial charge in [-0.05, 0) is 12.5 Å². The SMILES string of the molecule is CC(=O)N1CCCN(c2ccncn2)CC1. The van der Waals surface area contributed by atoms with E-state index in [0.29, 0.717) is 0 Å². The van der Waals surface area contributed by atoms with E-state index in [9.17, 15) is 4.79 Å². The number of carbonyl (C=O) groups is 1. The summed E-state index contributed by atoms with van der Waals surface area (Å²) in [6.07, 6.45) is 4.29. The van der Waals surface area contributed by atoms with Crippen molar-refractivity contribution in [1.29, 1.82) is 0 Å². The normalized spacial score (nSPS) is 17.1. The standard InChI is InChI=1S/C11H16N4O/c1-10(16)14-5-2-6-15(8-7-14)11-3-4-12-9-13-11/h3-4,9H,2,5-8H2,1H3. The highest BCUT2D eigenvalue weighted by atomic mass is 16.2. The molecule has 1 amide bonds. The summed E-state index contributed by atoms with van der Waals surface area (Å²) in [5, 5.41) is 0. The zero-order valence-corrected chi connectivity index (χ0v) is 9.46. The minimum Gasteiger partial charge on any atom is -0.355 e. The lowest BCUT2D eigenvalue weighted by atomic mass is 10.4. The van der Waals surface area contributed by atoms with E-state index in [-0.39, 0.29) is 5.91 Å². The fourth-order valence-corrected chi connectivity index (χ4v) is 1.93. The second-order valence-corrected chi connectivity index (χ2v) is 3.91. The van der Waals surface area contributed by atoms with Crippen LogP contribution in [0.1, 0.15) is 13.3 Å². The van der Waals surface area contributed by atoms with Crippen molar-refractivity contribution in [2.75, 3.05) is 31.1 Å². The summed E-state index contributed by atoms with van der Waals surface area (Å²) in [5.74, 6) is 1.10. The average Bonchev–Trinajstić information content (AvgIpc) is 2.55. The van der Waals surface area contributed by atoms with Gasteiger partial charge in [-0.25, -0.2) is 9.97 Å². The fraction of sp³-hybridized carbons (Fsp3) is 0.545. The van der Waals surface area contributed by atoms with Crippen LogP contribution in [0.15, 0.2) is 18.6 Å². The van der Waals surface area contributed by atoms with Crippen molar-refractivity contribution in [1.82, 2.24) is 14.9 Å². The third kappa shape index (κ3) is 2.48. The van der Waals surface area contributed by atoms with Crippen molar-refractivity contribution in [3.8, 4) is 0 Å². The van der Waals surface area contributed by atoms with Crippen molar-refractivity contribution < 1.29 is 4.79 Å². The highest BCUT2D eigenvalue weighted by Gasteiger charge is 2.16. The lowest BCUT2D eigenvalue weighted by Crippen LogP contribution is -2.33. The molecule has 0 bridgehead atoms. The van der Waals surface area contributed by atoms with Crippen molar-refractivity contribution in [2.24, 2.45) is 0 Å². The molecule has 1 aliphatic rings. The van der Waals surface area contributed by atoms with E-state index in [1.54, 1.807) is 19.4 Å².